The van der Waals surface area contributed by atoms with E-state index in [1.54, 1.807) is 17.7 Å². The van der Waals surface area contributed by atoms with Crippen LogP contribution in [0.4, 0.5) is 0 Å². The zero-order chi connectivity index (χ0) is 22.3. The Morgan fingerprint density at radius 1 is 1.09 bits per heavy atom. The number of hydrogen-bond acceptors (Lipinski definition) is 5. The molecule has 162 valence electrons. The summed E-state index contributed by atoms with van der Waals surface area (Å²) in [6, 6.07) is 12.9. The summed E-state index contributed by atoms with van der Waals surface area (Å²) in [5.41, 5.74) is 4.01. The average Bonchev–Trinajstić information content (AvgIpc) is 3.41. The first kappa shape index (κ1) is 20.8. The summed E-state index contributed by atoms with van der Waals surface area (Å²) in [5, 5.41) is 2.19. The molecule has 0 unspecified atom stereocenters. The predicted molar refractivity (Wildman–Crippen MR) is 133 cm³/mol. The lowest BCUT2D eigenvalue weighted by Gasteiger charge is -2.29. The molecule has 1 N–H and O–H groups in total. The van der Waals surface area contributed by atoms with Gasteiger partial charge in [0.05, 0.1) is 10.6 Å². The van der Waals surface area contributed by atoms with Crippen LogP contribution in [0.3, 0.4) is 0 Å². The Kier molecular flexibility index (Phi) is 5.25. The lowest BCUT2D eigenvalue weighted by Crippen LogP contribution is -2.22. The summed E-state index contributed by atoms with van der Waals surface area (Å²) >= 11 is 1.78. The summed E-state index contributed by atoms with van der Waals surface area (Å²) in [6.45, 7) is 9.20. The van der Waals surface area contributed by atoms with Crippen LogP contribution in [0.5, 0.6) is 0 Å². The van der Waals surface area contributed by atoms with E-state index >= 15 is 0 Å². The minimum absolute atomic E-state index is 0.215. The van der Waals surface area contributed by atoms with E-state index < -0.39 is 0 Å². The number of aromatic amines is 1. The van der Waals surface area contributed by atoms with Crippen LogP contribution in [0.1, 0.15) is 39.8 Å². The monoisotopic (exact) mass is 441 g/mol. The number of benzene rings is 1. The highest BCUT2D eigenvalue weighted by atomic mass is 32.1. The number of H-pyrrole nitrogens is 1. The van der Waals surface area contributed by atoms with Gasteiger partial charge in [0.25, 0.3) is 0 Å². The van der Waals surface area contributed by atoms with Crippen molar-refractivity contribution in [3.63, 3.8) is 0 Å². The van der Waals surface area contributed by atoms with Crippen molar-refractivity contribution < 1.29 is 0 Å². The fourth-order valence-corrected chi connectivity index (χ4v) is 5.34. The Bertz CT molecular complexity index is 1360. The van der Waals surface area contributed by atoms with Crippen LogP contribution >= 0.6 is 11.3 Å². The van der Waals surface area contributed by atoms with Gasteiger partial charge in [0, 0.05) is 33.7 Å². The van der Waals surface area contributed by atoms with Crippen molar-refractivity contribution >= 4 is 32.5 Å². The maximum Gasteiger partial charge on any atom is 0.162 e. The van der Waals surface area contributed by atoms with Gasteiger partial charge in [-0.05, 0) is 41.3 Å². The second-order valence-electron chi connectivity index (χ2n) is 9.38. The van der Waals surface area contributed by atoms with Crippen LogP contribution in [0.15, 0.2) is 55.1 Å². The molecule has 1 aromatic carbocycles. The quantitative estimate of drug-likeness (QED) is 0.322. The van der Waals surface area contributed by atoms with Gasteiger partial charge in [0.2, 0.25) is 0 Å². The van der Waals surface area contributed by atoms with Crippen molar-refractivity contribution in [2.75, 3.05) is 0 Å². The lowest BCUT2D eigenvalue weighted by molar-refractivity contribution is 0.230. The van der Waals surface area contributed by atoms with Crippen molar-refractivity contribution in [3.05, 3.63) is 60.8 Å². The maximum absolute atomic E-state index is 5.02. The normalized spacial score (nSPS) is 13.1. The summed E-state index contributed by atoms with van der Waals surface area (Å²) in [5.74, 6) is 1.26. The summed E-state index contributed by atoms with van der Waals surface area (Å²) in [7, 11) is 0. The first-order valence-corrected chi connectivity index (χ1v) is 11.9. The van der Waals surface area contributed by atoms with Gasteiger partial charge in [0.15, 0.2) is 5.82 Å². The molecule has 1 atom stereocenters. The Labute approximate surface area is 192 Å². The number of fused-ring (bicyclic) bond motifs is 2. The smallest absolute Gasteiger partial charge is 0.162 e. The number of thiophene rings is 1. The van der Waals surface area contributed by atoms with Gasteiger partial charge in [0.1, 0.15) is 12.0 Å². The predicted octanol–water partition coefficient (Wildman–Crippen LogP) is 6.91. The first-order chi connectivity index (χ1) is 15.4. The van der Waals surface area contributed by atoms with Crippen LogP contribution in [0.2, 0.25) is 0 Å². The molecule has 5 aromatic rings. The molecule has 0 radical (unpaired) electrons. The number of nitrogens with zero attached hydrogens (tertiary/aromatic N) is 4. The molecule has 4 aromatic heterocycles. The van der Waals surface area contributed by atoms with Gasteiger partial charge in [-0.3, -0.25) is 0 Å². The molecule has 0 spiro atoms. The largest absolute Gasteiger partial charge is 0.345 e. The molecule has 0 saturated carbocycles. The van der Waals surface area contributed by atoms with Crippen LogP contribution in [-0.2, 0) is 6.42 Å². The van der Waals surface area contributed by atoms with E-state index in [-0.39, 0.29) is 5.41 Å². The van der Waals surface area contributed by atoms with E-state index in [0.717, 1.165) is 51.5 Å². The third-order valence-electron chi connectivity index (χ3n) is 6.23. The van der Waals surface area contributed by atoms with Gasteiger partial charge in [-0.2, -0.15) is 0 Å². The van der Waals surface area contributed by atoms with Gasteiger partial charge >= 0.3 is 0 Å². The highest BCUT2D eigenvalue weighted by Gasteiger charge is 2.24. The van der Waals surface area contributed by atoms with E-state index in [1.165, 1.54) is 10.1 Å². The SMILES string of the molecule is CC[C@@H](Cc1cc(-c2cc3ccccc3s2)nc(-c2c[nH]c3ncncc23)n1)C(C)(C)C. The number of rotatable bonds is 5. The van der Waals surface area contributed by atoms with Crippen molar-refractivity contribution in [3.8, 4) is 22.0 Å². The zero-order valence-electron chi connectivity index (χ0n) is 18.9. The third kappa shape index (κ3) is 3.91. The van der Waals surface area contributed by atoms with E-state index in [0.29, 0.717) is 5.92 Å². The summed E-state index contributed by atoms with van der Waals surface area (Å²) < 4.78 is 1.27. The molecule has 0 aliphatic carbocycles. The van der Waals surface area contributed by atoms with E-state index in [2.05, 4.69) is 79.0 Å². The Hall–Kier alpha value is -3.12. The minimum atomic E-state index is 0.215. The fourth-order valence-electron chi connectivity index (χ4n) is 4.32. The standard InChI is InChI=1S/C26H27N5S/c1-5-17(26(2,3)4)11-18-12-21(23-10-16-8-6-7-9-22(16)32-23)31-25(30-18)20-14-28-24-19(20)13-27-15-29-24/h6-10,12-15,17H,5,11H2,1-4H3,(H,27,28,29)/t17-/m0/s1. The van der Waals surface area contributed by atoms with E-state index in [9.17, 15) is 0 Å². The molecule has 0 saturated heterocycles. The van der Waals surface area contributed by atoms with Crippen molar-refractivity contribution in [1.82, 2.24) is 24.9 Å². The maximum atomic E-state index is 5.02. The molecular weight excluding hydrogens is 414 g/mol. The fraction of sp³-hybridized carbons (Fsp3) is 0.308. The highest BCUT2D eigenvalue weighted by molar-refractivity contribution is 7.22. The number of nitrogens with one attached hydrogen (secondary N) is 1. The Balaban J connectivity index is 1.66. The third-order valence-corrected chi connectivity index (χ3v) is 7.37. The van der Waals surface area contributed by atoms with Gasteiger partial charge < -0.3 is 4.98 Å². The van der Waals surface area contributed by atoms with E-state index in [1.807, 2.05) is 12.4 Å². The summed E-state index contributed by atoms with van der Waals surface area (Å²) in [4.78, 5) is 23.0. The van der Waals surface area contributed by atoms with Crippen LogP contribution in [-0.4, -0.2) is 24.9 Å². The highest BCUT2D eigenvalue weighted by Crippen LogP contribution is 2.36. The van der Waals surface area contributed by atoms with Gasteiger partial charge in [-0.25, -0.2) is 19.9 Å². The van der Waals surface area contributed by atoms with Crippen molar-refractivity contribution in [1.29, 1.82) is 0 Å². The topological polar surface area (TPSA) is 67.3 Å². The molecule has 0 bridgehead atoms. The van der Waals surface area contributed by atoms with Gasteiger partial charge in [-0.1, -0.05) is 52.3 Å². The Morgan fingerprint density at radius 3 is 2.72 bits per heavy atom. The second kappa shape index (κ2) is 8.10. The molecule has 5 rings (SSSR count). The van der Waals surface area contributed by atoms with E-state index in [4.69, 9.17) is 9.97 Å². The minimum Gasteiger partial charge on any atom is -0.345 e. The average molecular weight is 442 g/mol. The van der Waals surface area contributed by atoms with Gasteiger partial charge in [-0.15, -0.1) is 11.3 Å². The Morgan fingerprint density at radius 2 is 1.94 bits per heavy atom. The molecule has 0 amide bonds. The molecule has 4 heterocycles. The molecule has 32 heavy (non-hydrogen) atoms. The van der Waals surface area contributed by atoms with Crippen molar-refractivity contribution in [2.24, 2.45) is 11.3 Å². The number of aromatic nitrogens is 5. The van der Waals surface area contributed by atoms with Crippen molar-refractivity contribution in [2.45, 2.75) is 40.5 Å². The van der Waals surface area contributed by atoms with Crippen LogP contribution < -0.4 is 0 Å². The number of hydrogen-bond donors (Lipinski definition) is 1. The lowest BCUT2D eigenvalue weighted by atomic mass is 9.76. The molecule has 6 heteroatoms. The second-order valence-corrected chi connectivity index (χ2v) is 10.5. The molecule has 0 aliphatic rings. The zero-order valence-corrected chi connectivity index (χ0v) is 19.7. The first-order valence-electron chi connectivity index (χ1n) is 11.1. The summed E-state index contributed by atoms with van der Waals surface area (Å²) in [6.07, 6.45) is 7.35. The molecular formula is C26H27N5S. The molecule has 0 fully saturated rings. The molecule has 0 aliphatic heterocycles. The van der Waals surface area contributed by atoms with Crippen LogP contribution in [0, 0.1) is 11.3 Å². The molecule has 5 nitrogen and oxygen atoms in total. The van der Waals surface area contributed by atoms with Crippen LogP contribution in [0.25, 0.3) is 43.1 Å².